The van der Waals surface area contributed by atoms with Crippen molar-refractivity contribution in [3.63, 3.8) is 0 Å². The average Bonchev–Trinajstić information content (AvgIpc) is 3.14. The predicted octanol–water partition coefficient (Wildman–Crippen LogP) is 2.75. The van der Waals surface area contributed by atoms with E-state index in [0.717, 1.165) is 25.4 Å². The second-order valence-electron chi connectivity index (χ2n) is 5.71. The zero-order chi connectivity index (χ0) is 12.5. The van der Waals surface area contributed by atoms with Gasteiger partial charge in [-0.25, -0.2) is 0 Å². The maximum Gasteiger partial charge on any atom is 0.0578 e. The molecular weight excluding hydrogens is 224 g/mol. The van der Waals surface area contributed by atoms with Gasteiger partial charge in [0.05, 0.1) is 6.10 Å². The molecule has 1 aromatic rings. The zero-order valence-corrected chi connectivity index (χ0v) is 11.0. The number of hydrogen-bond donors (Lipinski definition) is 1. The quantitative estimate of drug-likeness (QED) is 0.809. The largest absolute Gasteiger partial charge is 0.393 e. The third-order valence-corrected chi connectivity index (χ3v) is 4.68. The van der Waals surface area contributed by atoms with E-state index in [9.17, 15) is 5.11 Å². The van der Waals surface area contributed by atoms with E-state index in [1.54, 1.807) is 7.11 Å². The lowest BCUT2D eigenvalue weighted by atomic mass is 9.92. The van der Waals surface area contributed by atoms with Gasteiger partial charge in [-0.3, -0.25) is 0 Å². The normalized spacial score (nSPS) is 30.4. The lowest BCUT2D eigenvalue weighted by Gasteiger charge is -2.13. The Morgan fingerprint density at radius 1 is 1.39 bits per heavy atom. The Balaban J connectivity index is 1.65. The Hall–Kier alpha value is -0.860. The molecule has 18 heavy (non-hydrogen) atoms. The van der Waals surface area contributed by atoms with E-state index in [4.69, 9.17) is 4.74 Å². The van der Waals surface area contributed by atoms with Crippen molar-refractivity contribution < 1.29 is 9.84 Å². The highest BCUT2D eigenvalue weighted by Crippen LogP contribution is 2.61. The second-order valence-corrected chi connectivity index (χ2v) is 5.71. The van der Waals surface area contributed by atoms with Gasteiger partial charge in [-0.15, -0.1) is 0 Å². The first kappa shape index (κ1) is 12.2. The Morgan fingerprint density at radius 3 is 3.06 bits per heavy atom. The van der Waals surface area contributed by atoms with Crippen LogP contribution in [0.4, 0.5) is 0 Å². The van der Waals surface area contributed by atoms with E-state index in [2.05, 4.69) is 24.3 Å². The van der Waals surface area contributed by atoms with E-state index in [1.807, 2.05) is 0 Å². The van der Waals surface area contributed by atoms with E-state index in [-0.39, 0.29) is 6.10 Å². The number of fused-ring (bicyclic) bond motifs is 3. The van der Waals surface area contributed by atoms with Gasteiger partial charge in [0.2, 0.25) is 0 Å². The molecule has 0 bridgehead atoms. The van der Waals surface area contributed by atoms with Crippen LogP contribution in [0.3, 0.4) is 0 Å². The number of aryl methyl sites for hydroxylation is 1. The summed E-state index contributed by atoms with van der Waals surface area (Å²) in [6.07, 6.45) is 4.16. The van der Waals surface area contributed by atoms with E-state index < -0.39 is 0 Å². The Bertz CT molecular complexity index is 415. The summed E-state index contributed by atoms with van der Waals surface area (Å²) in [5, 5.41) is 10.3. The molecule has 0 aromatic heterocycles. The number of ether oxygens (including phenoxy) is 1. The van der Waals surface area contributed by atoms with Crippen molar-refractivity contribution in [3.05, 3.63) is 35.4 Å². The molecule has 0 radical (unpaired) electrons. The van der Waals surface area contributed by atoms with Crippen LogP contribution in [0.15, 0.2) is 24.3 Å². The first-order valence-corrected chi connectivity index (χ1v) is 7.07. The van der Waals surface area contributed by atoms with Gasteiger partial charge < -0.3 is 9.84 Å². The molecule has 0 heterocycles. The standard InChI is InChI=1S/C16H22O2/c1-18-10-4-7-14(17)16-13-9-8-11-5-2-3-6-12(11)15(13)16/h2-3,5-6,13-17H,4,7-10H2,1H3. The summed E-state index contributed by atoms with van der Waals surface area (Å²) in [5.41, 5.74) is 3.01. The summed E-state index contributed by atoms with van der Waals surface area (Å²) in [4.78, 5) is 0. The summed E-state index contributed by atoms with van der Waals surface area (Å²) >= 11 is 0. The fraction of sp³-hybridized carbons (Fsp3) is 0.625. The van der Waals surface area contributed by atoms with Crippen LogP contribution in [0.5, 0.6) is 0 Å². The highest BCUT2D eigenvalue weighted by atomic mass is 16.5. The SMILES string of the molecule is COCCCC(O)C1C2CCc3ccccc3C21. The zero-order valence-electron chi connectivity index (χ0n) is 11.0. The number of methoxy groups -OCH3 is 1. The summed E-state index contributed by atoms with van der Waals surface area (Å²) in [5.74, 6) is 1.87. The predicted molar refractivity (Wildman–Crippen MR) is 71.6 cm³/mol. The van der Waals surface area contributed by atoms with Gasteiger partial charge in [0.15, 0.2) is 0 Å². The van der Waals surface area contributed by atoms with Gasteiger partial charge in [-0.2, -0.15) is 0 Å². The highest BCUT2D eigenvalue weighted by molar-refractivity contribution is 5.39. The van der Waals surface area contributed by atoms with Crippen LogP contribution >= 0.6 is 0 Å². The molecule has 3 rings (SSSR count). The molecule has 2 heteroatoms. The van der Waals surface area contributed by atoms with E-state index >= 15 is 0 Å². The Kier molecular flexibility index (Phi) is 3.40. The minimum Gasteiger partial charge on any atom is -0.393 e. The fourth-order valence-electron chi connectivity index (χ4n) is 3.77. The molecule has 1 N–H and O–H groups in total. The second kappa shape index (κ2) is 5.02. The summed E-state index contributed by atoms with van der Waals surface area (Å²) in [7, 11) is 1.72. The molecule has 0 saturated heterocycles. The van der Waals surface area contributed by atoms with Crippen molar-refractivity contribution in [1.82, 2.24) is 0 Å². The van der Waals surface area contributed by atoms with Gasteiger partial charge in [0, 0.05) is 13.7 Å². The van der Waals surface area contributed by atoms with Crippen LogP contribution < -0.4 is 0 Å². The van der Waals surface area contributed by atoms with Gasteiger partial charge >= 0.3 is 0 Å². The highest BCUT2D eigenvalue weighted by Gasteiger charge is 2.55. The minimum absolute atomic E-state index is 0.138. The van der Waals surface area contributed by atoms with Crippen molar-refractivity contribution in [1.29, 1.82) is 0 Å². The molecule has 2 aliphatic carbocycles. The summed E-state index contributed by atoms with van der Waals surface area (Å²) in [6.45, 7) is 0.760. The molecule has 1 fully saturated rings. The summed E-state index contributed by atoms with van der Waals surface area (Å²) in [6, 6.07) is 8.77. The first-order valence-electron chi connectivity index (χ1n) is 7.07. The van der Waals surface area contributed by atoms with Gasteiger partial charge in [0.1, 0.15) is 0 Å². The molecular formula is C16H22O2. The van der Waals surface area contributed by atoms with Crippen molar-refractivity contribution in [2.24, 2.45) is 11.8 Å². The van der Waals surface area contributed by atoms with Crippen LogP contribution in [0.25, 0.3) is 0 Å². The minimum atomic E-state index is -0.138. The number of rotatable bonds is 5. The van der Waals surface area contributed by atoms with E-state index in [1.165, 1.54) is 24.0 Å². The monoisotopic (exact) mass is 246 g/mol. The van der Waals surface area contributed by atoms with E-state index in [0.29, 0.717) is 11.8 Å². The van der Waals surface area contributed by atoms with Crippen LogP contribution in [0.1, 0.15) is 36.3 Å². The topological polar surface area (TPSA) is 29.5 Å². The molecule has 0 amide bonds. The molecule has 4 atom stereocenters. The molecule has 1 saturated carbocycles. The molecule has 0 spiro atoms. The molecule has 2 aliphatic rings. The van der Waals surface area contributed by atoms with Crippen LogP contribution in [-0.2, 0) is 11.2 Å². The number of aliphatic hydroxyl groups excluding tert-OH is 1. The van der Waals surface area contributed by atoms with Crippen molar-refractivity contribution in [3.8, 4) is 0 Å². The lowest BCUT2D eigenvalue weighted by molar-refractivity contribution is 0.113. The van der Waals surface area contributed by atoms with Crippen molar-refractivity contribution in [2.75, 3.05) is 13.7 Å². The maximum atomic E-state index is 10.3. The van der Waals surface area contributed by atoms with Gasteiger partial charge in [-0.1, -0.05) is 24.3 Å². The smallest absolute Gasteiger partial charge is 0.0578 e. The van der Waals surface area contributed by atoms with Gasteiger partial charge in [0.25, 0.3) is 0 Å². The van der Waals surface area contributed by atoms with Crippen LogP contribution in [-0.4, -0.2) is 24.9 Å². The number of aliphatic hydroxyl groups is 1. The fourth-order valence-corrected chi connectivity index (χ4v) is 3.77. The van der Waals surface area contributed by atoms with Crippen LogP contribution in [0, 0.1) is 11.8 Å². The average molecular weight is 246 g/mol. The lowest BCUT2D eigenvalue weighted by Crippen LogP contribution is -2.12. The molecule has 4 unspecified atom stereocenters. The molecule has 2 nitrogen and oxygen atoms in total. The van der Waals surface area contributed by atoms with Crippen molar-refractivity contribution >= 4 is 0 Å². The van der Waals surface area contributed by atoms with Gasteiger partial charge in [-0.05, 0) is 54.6 Å². The number of benzene rings is 1. The van der Waals surface area contributed by atoms with Crippen LogP contribution in [0.2, 0.25) is 0 Å². The summed E-state index contributed by atoms with van der Waals surface area (Å²) < 4.78 is 5.06. The maximum absolute atomic E-state index is 10.3. The molecule has 0 aliphatic heterocycles. The first-order chi connectivity index (χ1) is 8.83. The number of hydrogen-bond acceptors (Lipinski definition) is 2. The third kappa shape index (κ3) is 2.08. The molecule has 98 valence electrons. The molecule has 1 aromatic carbocycles. The Labute approximate surface area is 109 Å². The Morgan fingerprint density at radius 2 is 2.22 bits per heavy atom. The van der Waals surface area contributed by atoms with Crippen molar-refractivity contribution in [2.45, 2.75) is 37.7 Å². The third-order valence-electron chi connectivity index (χ3n) is 4.68.